The SMILES string of the molecule is CCCNc1nc(C)cc(NC2CCCN(CC)C2)n1. The average Bonchev–Trinajstić information content (AvgIpc) is 2.44. The molecule has 2 N–H and O–H groups in total. The number of aromatic nitrogens is 2. The van der Waals surface area contributed by atoms with Crippen LogP contribution in [0.3, 0.4) is 0 Å². The van der Waals surface area contributed by atoms with Gasteiger partial charge in [0.1, 0.15) is 5.82 Å². The molecule has 0 aromatic carbocycles. The van der Waals surface area contributed by atoms with Gasteiger partial charge in [-0.1, -0.05) is 13.8 Å². The molecule has 1 saturated heterocycles. The number of nitrogens with one attached hydrogen (secondary N) is 2. The van der Waals surface area contributed by atoms with E-state index in [2.05, 4.69) is 39.3 Å². The predicted molar refractivity (Wildman–Crippen MR) is 84.3 cm³/mol. The first-order valence-corrected chi connectivity index (χ1v) is 7.79. The number of likely N-dealkylation sites (N-methyl/N-ethyl adjacent to an activating group) is 1. The Balaban J connectivity index is 1.99. The molecule has 2 rings (SSSR count). The van der Waals surface area contributed by atoms with Crippen LogP contribution in [0.2, 0.25) is 0 Å². The zero-order valence-corrected chi connectivity index (χ0v) is 12.9. The van der Waals surface area contributed by atoms with Crippen LogP contribution < -0.4 is 10.6 Å². The molecule has 0 bridgehead atoms. The molecule has 0 radical (unpaired) electrons. The van der Waals surface area contributed by atoms with Crippen molar-refractivity contribution in [3.63, 3.8) is 0 Å². The van der Waals surface area contributed by atoms with Gasteiger partial charge in [0, 0.05) is 30.9 Å². The molecule has 20 heavy (non-hydrogen) atoms. The van der Waals surface area contributed by atoms with E-state index in [-0.39, 0.29) is 0 Å². The van der Waals surface area contributed by atoms with E-state index in [1.165, 1.54) is 19.4 Å². The molecule has 2 heterocycles. The minimum Gasteiger partial charge on any atom is -0.366 e. The number of likely N-dealkylation sites (tertiary alicyclic amines) is 1. The van der Waals surface area contributed by atoms with Gasteiger partial charge in [0.25, 0.3) is 0 Å². The number of hydrogen-bond donors (Lipinski definition) is 2. The lowest BCUT2D eigenvalue weighted by atomic mass is 10.1. The van der Waals surface area contributed by atoms with Gasteiger partial charge in [0.15, 0.2) is 0 Å². The number of nitrogens with zero attached hydrogens (tertiary/aromatic N) is 3. The van der Waals surface area contributed by atoms with Crippen LogP contribution in [0, 0.1) is 6.92 Å². The maximum atomic E-state index is 4.56. The van der Waals surface area contributed by atoms with Crippen molar-refractivity contribution in [3.8, 4) is 0 Å². The second kappa shape index (κ2) is 7.43. The Morgan fingerprint density at radius 3 is 2.95 bits per heavy atom. The molecule has 1 fully saturated rings. The lowest BCUT2D eigenvalue weighted by molar-refractivity contribution is 0.226. The summed E-state index contributed by atoms with van der Waals surface area (Å²) in [5.41, 5.74) is 1.00. The molecule has 0 spiro atoms. The number of anilines is 2. The Morgan fingerprint density at radius 1 is 1.35 bits per heavy atom. The highest BCUT2D eigenvalue weighted by molar-refractivity contribution is 5.43. The highest BCUT2D eigenvalue weighted by Gasteiger charge is 2.19. The third-order valence-electron chi connectivity index (χ3n) is 3.69. The summed E-state index contributed by atoms with van der Waals surface area (Å²) >= 11 is 0. The van der Waals surface area contributed by atoms with Crippen molar-refractivity contribution in [2.24, 2.45) is 0 Å². The van der Waals surface area contributed by atoms with E-state index in [4.69, 9.17) is 0 Å². The maximum absolute atomic E-state index is 4.56. The fourth-order valence-electron chi connectivity index (χ4n) is 2.63. The zero-order chi connectivity index (χ0) is 14.4. The van der Waals surface area contributed by atoms with Crippen LogP contribution in [-0.2, 0) is 0 Å². The van der Waals surface area contributed by atoms with Gasteiger partial charge in [-0.2, -0.15) is 4.98 Å². The summed E-state index contributed by atoms with van der Waals surface area (Å²) in [6.07, 6.45) is 3.56. The fraction of sp³-hybridized carbons (Fsp3) is 0.733. The summed E-state index contributed by atoms with van der Waals surface area (Å²) < 4.78 is 0. The van der Waals surface area contributed by atoms with Gasteiger partial charge in [-0.05, 0) is 39.3 Å². The number of aryl methyl sites for hydroxylation is 1. The van der Waals surface area contributed by atoms with E-state index in [1.807, 2.05) is 13.0 Å². The van der Waals surface area contributed by atoms with Gasteiger partial charge < -0.3 is 15.5 Å². The number of hydrogen-bond acceptors (Lipinski definition) is 5. The van der Waals surface area contributed by atoms with Crippen molar-refractivity contribution in [2.75, 3.05) is 36.8 Å². The van der Waals surface area contributed by atoms with Crippen LogP contribution in [0.4, 0.5) is 11.8 Å². The molecule has 1 unspecified atom stereocenters. The first kappa shape index (κ1) is 15.0. The van der Waals surface area contributed by atoms with Gasteiger partial charge in [-0.25, -0.2) is 4.98 Å². The topological polar surface area (TPSA) is 53.1 Å². The minimum atomic E-state index is 0.497. The molecule has 0 saturated carbocycles. The van der Waals surface area contributed by atoms with Crippen LogP contribution in [0.15, 0.2) is 6.07 Å². The molecule has 5 heteroatoms. The lowest BCUT2D eigenvalue weighted by Crippen LogP contribution is -2.42. The standard InChI is InChI=1S/C15H27N5/c1-4-8-16-15-17-12(3)10-14(19-15)18-13-7-6-9-20(5-2)11-13/h10,13H,4-9,11H2,1-3H3,(H2,16,17,18,19). The van der Waals surface area contributed by atoms with Crippen molar-refractivity contribution in [3.05, 3.63) is 11.8 Å². The Labute approximate surface area is 122 Å². The Kier molecular flexibility index (Phi) is 5.59. The maximum Gasteiger partial charge on any atom is 0.224 e. The molecule has 1 aromatic rings. The van der Waals surface area contributed by atoms with E-state index in [1.54, 1.807) is 0 Å². The summed E-state index contributed by atoms with van der Waals surface area (Å²) in [6, 6.07) is 2.53. The summed E-state index contributed by atoms with van der Waals surface area (Å²) in [7, 11) is 0. The van der Waals surface area contributed by atoms with Crippen molar-refractivity contribution in [2.45, 2.75) is 46.1 Å². The van der Waals surface area contributed by atoms with Crippen LogP contribution in [-0.4, -0.2) is 47.1 Å². The van der Waals surface area contributed by atoms with Gasteiger partial charge in [-0.3, -0.25) is 0 Å². The van der Waals surface area contributed by atoms with Gasteiger partial charge in [0.05, 0.1) is 0 Å². The summed E-state index contributed by atoms with van der Waals surface area (Å²) in [5.74, 6) is 1.68. The van der Waals surface area contributed by atoms with E-state index < -0.39 is 0 Å². The van der Waals surface area contributed by atoms with Gasteiger partial charge >= 0.3 is 0 Å². The van der Waals surface area contributed by atoms with E-state index in [0.717, 1.165) is 43.5 Å². The Morgan fingerprint density at radius 2 is 2.20 bits per heavy atom. The van der Waals surface area contributed by atoms with Crippen LogP contribution >= 0.6 is 0 Å². The predicted octanol–water partition coefficient (Wildman–Crippen LogP) is 2.50. The summed E-state index contributed by atoms with van der Waals surface area (Å²) in [5, 5.41) is 6.83. The quantitative estimate of drug-likeness (QED) is 0.837. The monoisotopic (exact) mass is 277 g/mol. The average molecular weight is 277 g/mol. The van der Waals surface area contributed by atoms with Crippen molar-refractivity contribution >= 4 is 11.8 Å². The molecule has 1 atom stereocenters. The first-order chi connectivity index (χ1) is 9.71. The highest BCUT2D eigenvalue weighted by atomic mass is 15.2. The Bertz CT molecular complexity index is 421. The van der Waals surface area contributed by atoms with Crippen molar-refractivity contribution in [1.29, 1.82) is 0 Å². The van der Waals surface area contributed by atoms with Crippen LogP contribution in [0.25, 0.3) is 0 Å². The molecule has 1 aromatic heterocycles. The second-order valence-electron chi connectivity index (χ2n) is 5.52. The normalized spacial score (nSPS) is 19.9. The minimum absolute atomic E-state index is 0.497. The summed E-state index contributed by atoms with van der Waals surface area (Å²) in [6.45, 7) is 10.8. The molecule has 0 aliphatic carbocycles. The van der Waals surface area contributed by atoms with E-state index in [0.29, 0.717) is 6.04 Å². The van der Waals surface area contributed by atoms with Crippen molar-refractivity contribution < 1.29 is 0 Å². The largest absolute Gasteiger partial charge is 0.366 e. The molecular weight excluding hydrogens is 250 g/mol. The highest BCUT2D eigenvalue weighted by Crippen LogP contribution is 2.16. The Hall–Kier alpha value is -1.36. The first-order valence-electron chi connectivity index (χ1n) is 7.79. The third kappa shape index (κ3) is 4.34. The third-order valence-corrected chi connectivity index (χ3v) is 3.69. The van der Waals surface area contributed by atoms with Gasteiger partial charge in [-0.15, -0.1) is 0 Å². The number of piperidine rings is 1. The number of rotatable bonds is 6. The molecule has 5 nitrogen and oxygen atoms in total. The van der Waals surface area contributed by atoms with Crippen molar-refractivity contribution in [1.82, 2.24) is 14.9 Å². The summed E-state index contributed by atoms with van der Waals surface area (Å²) in [4.78, 5) is 11.5. The second-order valence-corrected chi connectivity index (χ2v) is 5.52. The molecule has 1 aliphatic rings. The van der Waals surface area contributed by atoms with Crippen LogP contribution in [0.1, 0.15) is 38.8 Å². The zero-order valence-electron chi connectivity index (χ0n) is 12.9. The van der Waals surface area contributed by atoms with Crippen LogP contribution in [0.5, 0.6) is 0 Å². The van der Waals surface area contributed by atoms with E-state index in [9.17, 15) is 0 Å². The molecule has 112 valence electrons. The fourth-order valence-corrected chi connectivity index (χ4v) is 2.63. The molecular formula is C15H27N5. The smallest absolute Gasteiger partial charge is 0.224 e. The van der Waals surface area contributed by atoms with Gasteiger partial charge in [0.2, 0.25) is 5.95 Å². The molecule has 0 amide bonds. The molecule has 1 aliphatic heterocycles. The lowest BCUT2D eigenvalue weighted by Gasteiger charge is -2.32. The van der Waals surface area contributed by atoms with E-state index >= 15 is 0 Å².